The average molecular weight is 472 g/mol. The number of nitriles is 1. The molecule has 5 aromatic rings. The predicted molar refractivity (Wildman–Crippen MR) is 137 cm³/mol. The number of hydrogen-bond acceptors (Lipinski definition) is 7. The standard InChI is InChI=1S/C28H21N7O/c1-17-5-2-9-22(33-17)16-32-28(36)26-27(30)35-25(20-7-3-6-18(13-20)15-29)24(34-26)21-10-11-23-19(14-21)8-4-12-31-23/h2-14H,16H2,1H3,(H2,30,35)(H,32,36). The minimum absolute atomic E-state index is 0.00623. The van der Waals surface area contributed by atoms with Crippen LogP contribution in [0.2, 0.25) is 0 Å². The highest BCUT2D eigenvalue weighted by Gasteiger charge is 2.20. The first-order valence-electron chi connectivity index (χ1n) is 11.3. The third-order valence-electron chi connectivity index (χ3n) is 5.66. The first kappa shape index (κ1) is 22.6. The molecule has 8 nitrogen and oxygen atoms in total. The van der Waals surface area contributed by atoms with Gasteiger partial charge in [0.15, 0.2) is 11.5 Å². The zero-order chi connectivity index (χ0) is 25.1. The van der Waals surface area contributed by atoms with Gasteiger partial charge in [-0.05, 0) is 49.4 Å². The molecule has 1 amide bonds. The number of nitrogen functional groups attached to an aromatic ring is 1. The number of nitrogens with zero attached hydrogens (tertiary/aromatic N) is 5. The van der Waals surface area contributed by atoms with E-state index in [1.165, 1.54) is 0 Å². The Morgan fingerprint density at radius 3 is 2.58 bits per heavy atom. The Morgan fingerprint density at radius 1 is 0.944 bits per heavy atom. The van der Waals surface area contributed by atoms with E-state index in [2.05, 4.69) is 31.3 Å². The van der Waals surface area contributed by atoms with Crippen molar-refractivity contribution in [3.8, 4) is 28.6 Å². The van der Waals surface area contributed by atoms with Gasteiger partial charge in [-0.1, -0.05) is 30.3 Å². The van der Waals surface area contributed by atoms with Crippen molar-refractivity contribution in [2.75, 3.05) is 5.73 Å². The van der Waals surface area contributed by atoms with Gasteiger partial charge >= 0.3 is 0 Å². The van der Waals surface area contributed by atoms with Crippen LogP contribution in [-0.2, 0) is 6.54 Å². The molecule has 0 atom stereocenters. The summed E-state index contributed by atoms with van der Waals surface area (Å²) in [6.07, 6.45) is 1.73. The summed E-state index contributed by atoms with van der Waals surface area (Å²) in [5.74, 6) is -0.461. The number of rotatable bonds is 5. The van der Waals surface area contributed by atoms with Gasteiger partial charge in [0.25, 0.3) is 5.91 Å². The van der Waals surface area contributed by atoms with E-state index in [4.69, 9.17) is 5.73 Å². The summed E-state index contributed by atoms with van der Waals surface area (Å²) in [5, 5.41) is 13.1. The molecule has 0 aliphatic carbocycles. The zero-order valence-electron chi connectivity index (χ0n) is 19.4. The molecule has 0 radical (unpaired) electrons. The van der Waals surface area contributed by atoms with E-state index in [-0.39, 0.29) is 18.1 Å². The Balaban J connectivity index is 1.60. The number of benzene rings is 2. The fourth-order valence-corrected chi connectivity index (χ4v) is 3.93. The molecule has 0 spiro atoms. The van der Waals surface area contributed by atoms with Gasteiger partial charge in [0, 0.05) is 28.4 Å². The largest absolute Gasteiger partial charge is 0.382 e. The van der Waals surface area contributed by atoms with Gasteiger partial charge in [-0.15, -0.1) is 0 Å². The number of carbonyl (C=O) groups excluding carboxylic acids is 1. The molecule has 3 aromatic heterocycles. The smallest absolute Gasteiger partial charge is 0.274 e. The topological polar surface area (TPSA) is 130 Å². The Morgan fingerprint density at radius 2 is 1.75 bits per heavy atom. The van der Waals surface area contributed by atoms with Crippen LogP contribution >= 0.6 is 0 Å². The normalized spacial score (nSPS) is 10.7. The molecule has 174 valence electrons. The number of anilines is 1. The number of nitrogens with one attached hydrogen (secondary N) is 1. The van der Waals surface area contributed by atoms with Crippen molar-refractivity contribution in [2.24, 2.45) is 0 Å². The second kappa shape index (κ2) is 9.60. The van der Waals surface area contributed by atoms with E-state index in [0.717, 1.165) is 27.9 Å². The average Bonchev–Trinajstić information content (AvgIpc) is 2.91. The highest BCUT2D eigenvalue weighted by atomic mass is 16.1. The van der Waals surface area contributed by atoms with Crippen LogP contribution in [0.5, 0.6) is 0 Å². The molecule has 3 heterocycles. The highest BCUT2D eigenvalue weighted by Crippen LogP contribution is 2.32. The van der Waals surface area contributed by atoms with Gasteiger partial charge in [-0.2, -0.15) is 5.26 Å². The molecule has 0 fully saturated rings. The van der Waals surface area contributed by atoms with Crippen molar-refractivity contribution in [3.63, 3.8) is 0 Å². The summed E-state index contributed by atoms with van der Waals surface area (Å²) >= 11 is 0. The summed E-state index contributed by atoms with van der Waals surface area (Å²) in [5.41, 5.74) is 11.5. The van der Waals surface area contributed by atoms with Gasteiger partial charge in [-0.25, -0.2) is 9.97 Å². The maximum absolute atomic E-state index is 13.1. The molecular weight excluding hydrogens is 450 g/mol. The van der Waals surface area contributed by atoms with Crippen LogP contribution in [0.4, 0.5) is 5.82 Å². The first-order chi connectivity index (χ1) is 17.5. The van der Waals surface area contributed by atoms with Gasteiger partial charge < -0.3 is 11.1 Å². The lowest BCUT2D eigenvalue weighted by molar-refractivity contribution is 0.0946. The molecular formula is C28H21N7O. The van der Waals surface area contributed by atoms with Crippen molar-refractivity contribution >= 4 is 22.6 Å². The number of carbonyl (C=O) groups is 1. The van der Waals surface area contributed by atoms with Gasteiger partial charge in [0.1, 0.15) is 0 Å². The number of aryl methyl sites for hydroxylation is 1. The quantitative estimate of drug-likeness (QED) is 0.387. The SMILES string of the molecule is Cc1cccc(CNC(=O)c2nc(-c3ccc4ncccc4c3)c(-c3cccc(C#N)c3)nc2N)n1. The van der Waals surface area contributed by atoms with Crippen molar-refractivity contribution < 1.29 is 4.79 Å². The number of aromatic nitrogens is 4. The minimum atomic E-state index is -0.454. The van der Waals surface area contributed by atoms with Crippen LogP contribution in [0.15, 0.2) is 79.0 Å². The molecule has 0 aliphatic rings. The fourth-order valence-electron chi connectivity index (χ4n) is 3.93. The molecule has 8 heteroatoms. The maximum atomic E-state index is 13.1. The van der Waals surface area contributed by atoms with Crippen molar-refractivity contribution in [1.29, 1.82) is 5.26 Å². The molecule has 3 N–H and O–H groups in total. The van der Waals surface area contributed by atoms with Crippen molar-refractivity contribution in [1.82, 2.24) is 25.3 Å². The van der Waals surface area contributed by atoms with E-state index in [9.17, 15) is 10.1 Å². The van der Waals surface area contributed by atoms with E-state index < -0.39 is 5.91 Å². The van der Waals surface area contributed by atoms with Crippen LogP contribution in [-0.4, -0.2) is 25.8 Å². The van der Waals surface area contributed by atoms with Crippen LogP contribution in [0.1, 0.15) is 27.4 Å². The van der Waals surface area contributed by atoms with Crippen LogP contribution in [0.3, 0.4) is 0 Å². The number of nitrogens with two attached hydrogens (primary N) is 1. The predicted octanol–water partition coefficient (Wildman–Crippen LogP) is 4.45. The van der Waals surface area contributed by atoms with Crippen LogP contribution in [0, 0.1) is 18.3 Å². The van der Waals surface area contributed by atoms with E-state index in [1.54, 1.807) is 24.4 Å². The third kappa shape index (κ3) is 4.58. The summed E-state index contributed by atoms with van der Waals surface area (Å²) in [4.78, 5) is 31.1. The summed E-state index contributed by atoms with van der Waals surface area (Å²) in [7, 11) is 0. The molecule has 0 unspecified atom stereocenters. The molecule has 0 saturated heterocycles. The summed E-state index contributed by atoms with van der Waals surface area (Å²) < 4.78 is 0. The number of fused-ring (bicyclic) bond motifs is 1. The Kier molecular flexibility index (Phi) is 6.03. The summed E-state index contributed by atoms with van der Waals surface area (Å²) in [6.45, 7) is 2.12. The zero-order valence-corrected chi connectivity index (χ0v) is 19.4. The van der Waals surface area contributed by atoms with Crippen LogP contribution in [0.25, 0.3) is 33.4 Å². The Hall–Kier alpha value is -5.16. The Bertz CT molecular complexity index is 1660. The third-order valence-corrected chi connectivity index (χ3v) is 5.66. The second-order valence-corrected chi connectivity index (χ2v) is 8.21. The number of amides is 1. The van der Waals surface area contributed by atoms with Gasteiger partial charge in [0.05, 0.1) is 40.8 Å². The summed E-state index contributed by atoms with van der Waals surface area (Å²) in [6, 6.07) is 24.3. The lowest BCUT2D eigenvalue weighted by Gasteiger charge is -2.14. The molecule has 5 rings (SSSR count). The molecule has 2 aromatic carbocycles. The van der Waals surface area contributed by atoms with Crippen LogP contribution < -0.4 is 11.1 Å². The van der Waals surface area contributed by atoms with E-state index in [1.807, 2.05) is 61.5 Å². The van der Waals surface area contributed by atoms with Gasteiger partial charge in [-0.3, -0.25) is 14.8 Å². The fraction of sp³-hybridized carbons (Fsp3) is 0.0714. The maximum Gasteiger partial charge on any atom is 0.274 e. The molecule has 36 heavy (non-hydrogen) atoms. The molecule has 0 saturated carbocycles. The minimum Gasteiger partial charge on any atom is -0.382 e. The number of hydrogen-bond donors (Lipinski definition) is 2. The van der Waals surface area contributed by atoms with E-state index >= 15 is 0 Å². The lowest BCUT2D eigenvalue weighted by Crippen LogP contribution is -2.26. The van der Waals surface area contributed by atoms with E-state index in [0.29, 0.717) is 22.5 Å². The molecule has 0 bridgehead atoms. The number of pyridine rings is 2. The molecule has 0 aliphatic heterocycles. The van der Waals surface area contributed by atoms with Crippen molar-refractivity contribution in [2.45, 2.75) is 13.5 Å². The monoisotopic (exact) mass is 471 g/mol. The first-order valence-corrected chi connectivity index (χ1v) is 11.3. The highest BCUT2D eigenvalue weighted by molar-refractivity contribution is 5.98. The van der Waals surface area contributed by atoms with Crippen molar-refractivity contribution in [3.05, 3.63) is 102 Å². The second-order valence-electron chi connectivity index (χ2n) is 8.21. The van der Waals surface area contributed by atoms with Gasteiger partial charge in [0.2, 0.25) is 0 Å². The Labute approximate surface area is 207 Å². The lowest BCUT2D eigenvalue weighted by atomic mass is 10.0.